The fourth-order valence-electron chi connectivity index (χ4n) is 1.64. The zero-order valence-corrected chi connectivity index (χ0v) is 10.1. The minimum Gasteiger partial charge on any atom is -0.0991 e. The lowest BCUT2D eigenvalue weighted by molar-refractivity contribution is 0.962. The predicted molar refractivity (Wildman–Crippen MR) is 72.6 cm³/mol. The second-order valence-electron chi connectivity index (χ2n) is 3.85. The van der Waals surface area contributed by atoms with Gasteiger partial charge in [-0.15, -0.1) is 0 Å². The molecule has 0 aliphatic carbocycles. The summed E-state index contributed by atoms with van der Waals surface area (Å²) in [6.45, 7) is 9.68. The highest BCUT2D eigenvalue weighted by molar-refractivity contribution is 5.26. The zero-order valence-electron chi connectivity index (χ0n) is 10.1. The molecular formula is C16H20. The van der Waals surface area contributed by atoms with Crippen molar-refractivity contribution in [3.63, 3.8) is 0 Å². The van der Waals surface area contributed by atoms with Gasteiger partial charge in [0.2, 0.25) is 0 Å². The summed E-state index contributed by atoms with van der Waals surface area (Å²) in [7, 11) is 0. The zero-order chi connectivity index (χ0) is 11.8. The minimum absolute atomic E-state index is 1.03. The number of hydrogen-bond acceptors (Lipinski definition) is 0. The van der Waals surface area contributed by atoms with Crippen LogP contribution in [-0.2, 0) is 12.8 Å². The average Bonchev–Trinajstić information content (AvgIpc) is 2.35. The van der Waals surface area contributed by atoms with Crippen LogP contribution in [0, 0.1) is 0 Å². The van der Waals surface area contributed by atoms with Crippen molar-refractivity contribution in [3.05, 3.63) is 72.4 Å². The highest BCUT2D eigenvalue weighted by Gasteiger charge is 1.95. The van der Waals surface area contributed by atoms with Crippen molar-refractivity contribution in [3.8, 4) is 0 Å². The van der Waals surface area contributed by atoms with E-state index in [4.69, 9.17) is 0 Å². The van der Waals surface area contributed by atoms with Crippen LogP contribution in [0.1, 0.15) is 24.5 Å². The van der Waals surface area contributed by atoms with Crippen molar-refractivity contribution in [1.82, 2.24) is 0 Å². The molecule has 0 heteroatoms. The third-order valence-corrected chi connectivity index (χ3v) is 2.73. The molecule has 0 atom stereocenters. The van der Waals surface area contributed by atoms with Crippen molar-refractivity contribution in [2.75, 3.05) is 0 Å². The van der Waals surface area contributed by atoms with E-state index in [0.29, 0.717) is 0 Å². The molecule has 1 aromatic carbocycles. The molecule has 84 valence electrons. The number of allylic oxidation sites excluding steroid dienone is 4. The SMILES string of the molecule is C=C/C=C(\C=C)CCc1ccc(CC)cc1. The van der Waals surface area contributed by atoms with Crippen LogP contribution in [0.25, 0.3) is 0 Å². The summed E-state index contributed by atoms with van der Waals surface area (Å²) in [6, 6.07) is 8.85. The quantitative estimate of drug-likeness (QED) is 0.610. The Morgan fingerprint density at radius 3 is 2.25 bits per heavy atom. The van der Waals surface area contributed by atoms with Crippen LogP contribution in [0.15, 0.2) is 61.2 Å². The van der Waals surface area contributed by atoms with E-state index < -0.39 is 0 Å². The van der Waals surface area contributed by atoms with Gasteiger partial charge in [0, 0.05) is 0 Å². The first-order valence-corrected chi connectivity index (χ1v) is 5.82. The van der Waals surface area contributed by atoms with E-state index in [1.54, 1.807) is 0 Å². The van der Waals surface area contributed by atoms with Gasteiger partial charge in [0.15, 0.2) is 0 Å². The molecule has 16 heavy (non-hydrogen) atoms. The Kier molecular flexibility index (Phi) is 5.35. The smallest absolute Gasteiger partial charge is 0.0238 e. The topological polar surface area (TPSA) is 0 Å². The summed E-state index contributed by atoms with van der Waals surface area (Å²) < 4.78 is 0. The highest BCUT2D eigenvalue weighted by atomic mass is 14.0. The molecule has 1 aromatic rings. The molecule has 0 bridgehead atoms. The van der Waals surface area contributed by atoms with Crippen LogP contribution >= 0.6 is 0 Å². The van der Waals surface area contributed by atoms with Gasteiger partial charge >= 0.3 is 0 Å². The first kappa shape index (κ1) is 12.5. The number of hydrogen-bond donors (Lipinski definition) is 0. The Morgan fingerprint density at radius 1 is 1.12 bits per heavy atom. The molecular weight excluding hydrogens is 192 g/mol. The molecule has 0 nitrogen and oxygen atoms in total. The van der Waals surface area contributed by atoms with Gasteiger partial charge in [0.1, 0.15) is 0 Å². The highest BCUT2D eigenvalue weighted by Crippen LogP contribution is 2.11. The molecule has 0 amide bonds. The molecule has 0 spiro atoms. The Bertz CT molecular complexity index is 366. The second-order valence-corrected chi connectivity index (χ2v) is 3.85. The van der Waals surface area contributed by atoms with Crippen molar-refractivity contribution in [1.29, 1.82) is 0 Å². The van der Waals surface area contributed by atoms with E-state index in [1.807, 2.05) is 18.2 Å². The Hall–Kier alpha value is -1.56. The predicted octanol–water partition coefficient (Wildman–Crippen LogP) is 4.48. The largest absolute Gasteiger partial charge is 0.0991 e. The van der Waals surface area contributed by atoms with Gasteiger partial charge in [-0.25, -0.2) is 0 Å². The van der Waals surface area contributed by atoms with Crippen LogP contribution in [0.5, 0.6) is 0 Å². The van der Waals surface area contributed by atoms with Crippen molar-refractivity contribution >= 4 is 0 Å². The average molecular weight is 212 g/mol. The lowest BCUT2D eigenvalue weighted by atomic mass is 10.0. The number of benzene rings is 1. The maximum Gasteiger partial charge on any atom is -0.0238 e. The third kappa shape index (κ3) is 3.90. The summed E-state index contributed by atoms with van der Waals surface area (Å²) in [6.07, 6.45) is 8.94. The molecule has 0 N–H and O–H groups in total. The molecule has 0 aliphatic rings. The standard InChI is InChI=1S/C16H20/c1-4-7-14(5-2)8-11-16-12-9-15(6-3)10-13-16/h4-5,7,9-10,12-13H,1-2,6,8,11H2,3H3/b14-7+. The normalized spacial score (nSPS) is 11.2. The molecule has 0 heterocycles. The molecule has 0 aliphatic heterocycles. The van der Waals surface area contributed by atoms with Gasteiger partial charge in [-0.1, -0.05) is 62.6 Å². The summed E-state index contributed by atoms with van der Waals surface area (Å²) in [5.41, 5.74) is 4.03. The first-order valence-electron chi connectivity index (χ1n) is 5.82. The second kappa shape index (κ2) is 6.84. The van der Waals surface area contributed by atoms with Crippen LogP contribution in [-0.4, -0.2) is 0 Å². The maximum absolute atomic E-state index is 3.80. The summed E-state index contributed by atoms with van der Waals surface area (Å²) in [5, 5.41) is 0. The first-order chi connectivity index (χ1) is 7.80. The summed E-state index contributed by atoms with van der Waals surface area (Å²) >= 11 is 0. The number of aryl methyl sites for hydroxylation is 2. The van der Waals surface area contributed by atoms with Gasteiger partial charge in [-0.3, -0.25) is 0 Å². The van der Waals surface area contributed by atoms with E-state index >= 15 is 0 Å². The van der Waals surface area contributed by atoms with Crippen molar-refractivity contribution < 1.29 is 0 Å². The lowest BCUT2D eigenvalue weighted by Gasteiger charge is -2.03. The van der Waals surface area contributed by atoms with Gasteiger partial charge in [-0.05, 0) is 36.0 Å². The van der Waals surface area contributed by atoms with Crippen molar-refractivity contribution in [2.45, 2.75) is 26.2 Å². The fraction of sp³-hybridized carbons (Fsp3) is 0.250. The van der Waals surface area contributed by atoms with Gasteiger partial charge in [0.25, 0.3) is 0 Å². The molecule has 0 aromatic heterocycles. The molecule has 1 rings (SSSR count). The molecule has 0 unspecified atom stereocenters. The Balaban J connectivity index is 2.56. The molecule has 0 radical (unpaired) electrons. The van der Waals surface area contributed by atoms with E-state index in [-0.39, 0.29) is 0 Å². The molecule has 0 saturated heterocycles. The number of rotatable bonds is 6. The maximum atomic E-state index is 3.80. The van der Waals surface area contributed by atoms with E-state index in [1.165, 1.54) is 16.7 Å². The summed E-state index contributed by atoms with van der Waals surface area (Å²) in [5.74, 6) is 0. The molecule has 0 fully saturated rings. The Morgan fingerprint density at radius 2 is 1.75 bits per heavy atom. The van der Waals surface area contributed by atoms with Gasteiger partial charge < -0.3 is 0 Å². The Labute approximate surface area is 99.0 Å². The monoisotopic (exact) mass is 212 g/mol. The van der Waals surface area contributed by atoms with Crippen LogP contribution in [0.4, 0.5) is 0 Å². The third-order valence-electron chi connectivity index (χ3n) is 2.73. The summed E-state index contributed by atoms with van der Waals surface area (Å²) in [4.78, 5) is 0. The van der Waals surface area contributed by atoms with Crippen LogP contribution in [0.2, 0.25) is 0 Å². The van der Waals surface area contributed by atoms with Crippen molar-refractivity contribution in [2.24, 2.45) is 0 Å². The van der Waals surface area contributed by atoms with E-state index in [2.05, 4.69) is 44.3 Å². The van der Waals surface area contributed by atoms with Crippen LogP contribution in [0.3, 0.4) is 0 Å². The fourth-order valence-corrected chi connectivity index (χ4v) is 1.64. The van der Waals surface area contributed by atoms with E-state index in [9.17, 15) is 0 Å². The lowest BCUT2D eigenvalue weighted by Crippen LogP contribution is -1.88. The molecule has 0 saturated carbocycles. The minimum atomic E-state index is 1.03. The van der Waals surface area contributed by atoms with Gasteiger partial charge in [-0.2, -0.15) is 0 Å². The van der Waals surface area contributed by atoms with Gasteiger partial charge in [0.05, 0.1) is 0 Å². The van der Waals surface area contributed by atoms with Crippen LogP contribution < -0.4 is 0 Å². The van der Waals surface area contributed by atoms with E-state index in [0.717, 1.165) is 19.3 Å².